The zero-order valence-corrected chi connectivity index (χ0v) is 13.0. The van der Waals surface area contributed by atoms with Crippen molar-refractivity contribution in [3.05, 3.63) is 22.2 Å². The summed E-state index contributed by atoms with van der Waals surface area (Å²) in [6.45, 7) is 3.11. The second-order valence-electron chi connectivity index (χ2n) is 4.64. The molecule has 0 amide bonds. The first kappa shape index (κ1) is 13.5. The van der Waals surface area contributed by atoms with Crippen molar-refractivity contribution in [2.75, 3.05) is 37.9 Å². The van der Waals surface area contributed by atoms with Crippen molar-refractivity contribution in [1.82, 2.24) is 4.90 Å². The Morgan fingerprint density at radius 3 is 2.84 bits per heavy atom. The van der Waals surface area contributed by atoms with Crippen LogP contribution >= 0.6 is 27.7 Å². The molecule has 19 heavy (non-hydrogen) atoms. The maximum Gasteiger partial charge on any atom is 0.231 e. The molecule has 0 bridgehead atoms. The number of benzene rings is 1. The van der Waals surface area contributed by atoms with Gasteiger partial charge in [0, 0.05) is 37.2 Å². The van der Waals surface area contributed by atoms with Gasteiger partial charge < -0.3 is 15.2 Å². The van der Waals surface area contributed by atoms with Gasteiger partial charge in [-0.1, -0.05) is 0 Å². The molecule has 0 spiro atoms. The van der Waals surface area contributed by atoms with Crippen molar-refractivity contribution in [3.63, 3.8) is 0 Å². The topological polar surface area (TPSA) is 47.7 Å². The molecule has 4 nitrogen and oxygen atoms in total. The number of hydrogen-bond acceptors (Lipinski definition) is 5. The molecule has 1 unspecified atom stereocenters. The van der Waals surface area contributed by atoms with Gasteiger partial charge in [-0.25, -0.2) is 0 Å². The van der Waals surface area contributed by atoms with Crippen LogP contribution in [0.2, 0.25) is 0 Å². The molecule has 1 aromatic carbocycles. The van der Waals surface area contributed by atoms with Gasteiger partial charge in [0.2, 0.25) is 6.79 Å². The van der Waals surface area contributed by atoms with Gasteiger partial charge >= 0.3 is 0 Å². The van der Waals surface area contributed by atoms with E-state index in [4.69, 9.17) is 15.2 Å². The van der Waals surface area contributed by atoms with E-state index in [1.165, 1.54) is 17.1 Å². The van der Waals surface area contributed by atoms with Crippen molar-refractivity contribution in [1.29, 1.82) is 0 Å². The van der Waals surface area contributed by atoms with Gasteiger partial charge in [0.15, 0.2) is 11.5 Å². The van der Waals surface area contributed by atoms with Crippen LogP contribution in [0.25, 0.3) is 0 Å². The van der Waals surface area contributed by atoms with Crippen LogP contribution in [0.5, 0.6) is 11.5 Å². The lowest BCUT2D eigenvalue weighted by atomic mass is 10.0. The Morgan fingerprint density at radius 1 is 1.32 bits per heavy atom. The Hall–Kier alpha value is -0.430. The van der Waals surface area contributed by atoms with Gasteiger partial charge in [-0.15, -0.1) is 0 Å². The van der Waals surface area contributed by atoms with E-state index in [-0.39, 0.29) is 6.04 Å². The molecule has 1 fully saturated rings. The SMILES string of the molecule is NCC(c1cc(Br)c2c(c1)OCO2)N1CCSCC1. The average molecular weight is 345 g/mol. The quantitative estimate of drug-likeness (QED) is 0.910. The lowest BCUT2D eigenvalue weighted by Crippen LogP contribution is -2.39. The molecule has 1 aromatic rings. The van der Waals surface area contributed by atoms with E-state index in [9.17, 15) is 0 Å². The molecule has 2 aliphatic heterocycles. The smallest absolute Gasteiger partial charge is 0.231 e. The number of hydrogen-bond donors (Lipinski definition) is 1. The number of thioether (sulfide) groups is 1. The van der Waals surface area contributed by atoms with Gasteiger partial charge in [0.25, 0.3) is 0 Å². The largest absolute Gasteiger partial charge is 0.454 e. The van der Waals surface area contributed by atoms with Crippen LogP contribution in [0.1, 0.15) is 11.6 Å². The highest BCUT2D eigenvalue weighted by Crippen LogP contribution is 2.42. The monoisotopic (exact) mass is 344 g/mol. The van der Waals surface area contributed by atoms with E-state index in [2.05, 4.69) is 33.0 Å². The Kier molecular flexibility index (Phi) is 4.21. The van der Waals surface area contributed by atoms with Crippen molar-refractivity contribution < 1.29 is 9.47 Å². The van der Waals surface area contributed by atoms with E-state index in [0.717, 1.165) is 29.1 Å². The van der Waals surface area contributed by atoms with Crippen molar-refractivity contribution in [2.45, 2.75) is 6.04 Å². The summed E-state index contributed by atoms with van der Waals surface area (Å²) in [5.74, 6) is 3.98. The molecule has 3 rings (SSSR count). The van der Waals surface area contributed by atoms with Crippen LogP contribution in [-0.2, 0) is 0 Å². The van der Waals surface area contributed by atoms with Crippen molar-refractivity contribution >= 4 is 27.7 Å². The third-order valence-corrected chi connectivity index (χ3v) is 5.08. The predicted molar refractivity (Wildman–Crippen MR) is 81.0 cm³/mol. The molecule has 104 valence electrons. The number of nitrogens with two attached hydrogens (primary N) is 1. The second kappa shape index (κ2) is 5.91. The molecule has 1 saturated heterocycles. The third kappa shape index (κ3) is 2.72. The first-order valence-electron chi connectivity index (χ1n) is 6.40. The number of halogens is 1. The van der Waals surface area contributed by atoms with Gasteiger partial charge in [0.1, 0.15) is 0 Å². The second-order valence-corrected chi connectivity index (χ2v) is 6.72. The molecule has 2 heterocycles. The number of nitrogens with zero attached hydrogens (tertiary/aromatic N) is 1. The average Bonchev–Trinajstić information content (AvgIpc) is 2.90. The van der Waals surface area contributed by atoms with E-state index in [1.807, 2.05) is 11.8 Å². The summed E-state index contributed by atoms with van der Waals surface area (Å²) in [4.78, 5) is 2.46. The minimum Gasteiger partial charge on any atom is -0.454 e. The number of ether oxygens (including phenoxy) is 2. The molecule has 0 radical (unpaired) electrons. The third-order valence-electron chi connectivity index (χ3n) is 3.54. The van der Waals surface area contributed by atoms with Crippen LogP contribution in [0.4, 0.5) is 0 Å². The van der Waals surface area contributed by atoms with Crippen LogP contribution in [0, 0.1) is 0 Å². The maximum atomic E-state index is 6.00. The summed E-state index contributed by atoms with van der Waals surface area (Å²) in [6.07, 6.45) is 0. The van der Waals surface area contributed by atoms with E-state index in [1.54, 1.807) is 0 Å². The van der Waals surface area contributed by atoms with Gasteiger partial charge in [-0.2, -0.15) is 11.8 Å². The highest BCUT2D eigenvalue weighted by atomic mass is 79.9. The fourth-order valence-corrected chi connectivity index (χ4v) is 4.07. The summed E-state index contributed by atoms with van der Waals surface area (Å²) in [7, 11) is 0. The fourth-order valence-electron chi connectivity index (χ4n) is 2.56. The van der Waals surface area contributed by atoms with Gasteiger partial charge in [0.05, 0.1) is 4.47 Å². The molecule has 2 aliphatic rings. The van der Waals surface area contributed by atoms with Crippen LogP contribution < -0.4 is 15.2 Å². The first-order chi connectivity index (χ1) is 9.29. The molecule has 6 heteroatoms. The highest BCUT2D eigenvalue weighted by molar-refractivity contribution is 9.10. The minimum absolute atomic E-state index is 0.256. The molecule has 0 aliphatic carbocycles. The summed E-state index contributed by atoms with van der Waals surface area (Å²) >= 11 is 5.56. The normalized spacial score (nSPS) is 20.5. The fraction of sp³-hybridized carbons (Fsp3) is 0.538. The Balaban J connectivity index is 1.88. The van der Waals surface area contributed by atoms with E-state index < -0.39 is 0 Å². The highest BCUT2D eigenvalue weighted by Gasteiger charge is 2.25. The van der Waals surface area contributed by atoms with Crippen LogP contribution in [0.3, 0.4) is 0 Å². The van der Waals surface area contributed by atoms with Crippen LogP contribution in [-0.4, -0.2) is 42.8 Å². The predicted octanol–water partition coefficient (Wildman–Crippen LogP) is 2.23. The molecule has 1 atom stereocenters. The van der Waals surface area contributed by atoms with Crippen LogP contribution in [0.15, 0.2) is 16.6 Å². The zero-order valence-electron chi connectivity index (χ0n) is 10.6. The van der Waals surface area contributed by atoms with E-state index >= 15 is 0 Å². The first-order valence-corrected chi connectivity index (χ1v) is 8.35. The zero-order chi connectivity index (χ0) is 13.2. The molecule has 0 saturated carbocycles. The molecule has 2 N–H and O–H groups in total. The standard InChI is InChI=1S/C13H17BrN2O2S/c14-10-5-9(6-12-13(10)18-8-17-12)11(7-15)16-1-3-19-4-2-16/h5-6,11H,1-4,7-8,15H2. The summed E-state index contributed by atoms with van der Waals surface area (Å²) in [6, 6.07) is 4.42. The Labute approximate surface area is 125 Å². The molecular weight excluding hydrogens is 328 g/mol. The lowest BCUT2D eigenvalue weighted by molar-refractivity contribution is 0.173. The van der Waals surface area contributed by atoms with Crippen molar-refractivity contribution in [2.24, 2.45) is 5.73 Å². The number of rotatable bonds is 3. The lowest BCUT2D eigenvalue weighted by Gasteiger charge is -2.34. The van der Waals surface area contributed by atoms with Crippen molar-refractivity contribution in [3.8, 4) is 11.5 Å². The summed E-state index contributed by atoms with van der Waals surface area (Å²) in [5.41, 5.74) is 7.19. The van der Waals surface area contributed by atoms with Gasteiger partial charge in [-0.05, 0) is 33.6 Å². The maximum absolute atomic E-state index is 6.00. The number of fused-ring (bicyclic) bond motifs is 1. The van der Waals surface area contributed by atoms with Gasteiger partial charge in [-0.3, -0.25) is 4.90 Å². The van der Waals surface area contributed by atoms with E-state index in [0.29, 0.717) is 13.3 Å². The molecular formula is C13H17BrN2O2S. The summed E-state index contributed by atoms with van der Waals surface area (Å²) in [5, 5.41) is 0. The molecule has 0 aromatic heterocycles. The Bertz CT molecular complexity index is 466. The summed E-state index contributed by atoms with van der Waals surface area (Å²) < 4.78 is 11.9. The Morgan fingerprint density at radius 2 is 2.11 bits per heavy atom. The minimum atomic E-state index is 0.256.